The van der Waals surface area contributed by atoms with Crippen molar-refractivity contribution in [1.82, 2.24) is 0 Å². The molecule has 0 spiro atoms. The molecule has 2 atom stereocenters. The van der Waals surface area contributed by atoms with E-state index in [2.05, 4.69) is 41.5 Å². The number of ether oxygens (including phenoxy) is 3. The second-order valence-electron chi connectivity index (χ2n) is 20.4. The number of unbranched alkanes of at least 4 members (excludes halogenated alkanes) is 31. The third-order valence-corrected chi connectivity index (χ3v) is 13.0. The number of hydrogen-bond donors (Lipinski definition) is 0. The maximum atomic E-state index is 12.7. The molecule has 368 valence electrons. The first-order valence-electron chi connectivity index (χ1n) is 27.6. The lowest BCUT2D eigenvalue weighted by Crippen LogP contribution is -2.30. The largest absolute Gasteiger partial charge is 0.462 e. The van der Waals surface area contributed by atoms with Crippen molar-refractivity contribution in [2.75, 3.05) is 13.2 Å². The molecule has 0 aromatic rings. The SMILES string of the molecule is CCC(C)CCCCCCCCCCCCCCCCC(=O)OC[C@H](COC(=O)CCCCCCCCCCCCCCCCC(C)C)OC(=O)CCCCCCCCC(C)C. The van der Waals surface area contributed by atoms with Crippen molar-refractivity contribution in [2.24, 2.45) is 17.8 Å². The van der Waals surface area contributed by atoms with Crippen LogP contribution in [0.15, 0.2) is 0 Å². The number of esters is 3. The van der Waals surface area contributed by atoms with E-state index in [0.29, 0.717) is 19.3 Å². The summed E-state index contributed by atoms with van der Waals surface area (Å²) in [6.45, 7) is 13.7. The van der Waals surface area contributed by atoms with Gasteiger partial charge in [0.15, 0.2) is 6.10 Å². The third kappa shape index (κ3) is 47.9. The van der Waals surface area contributed by atoms with Crippen molar-refractivity contribution < 1.29 is 28.6 Å². The quantitative estimate of drug-likeness (QED) is 0.0344. The Labute approximate surface area is 387 Å². The normalized spacial score (nSPS) is 12.6. The maximum Gasteiger partial charge on any atom is 0.306 e. The summed E-state index contributed by atoms with van der Waals surface area (Å²) >= 11 is 0. The van der Waals surface area contributed by atoms with Crippen LogP contribution < -0.4 is 0 Å². The molecule has 0 aromatic carbocycles. The van der Waals surface area contributed by atoms with Crippen molar-refractivity contribution in [2.45, 2.75) is 311 Å². The van der Waals surface area contributed by atoms with E-state index in [1.165, 1.54) is 186 Å². The van der Waals surface area contributed by atoms with Crippen LogP contribution in [-0.4, -0.2) is 37.2 Å². The molecule has 0 heterocycles. The van der Waals surface area contributed by atoms with Gasteiger partial charge in [-0.3, -0.25) is 14.4 Å². The monoisotopic (exact) mass is 877 g/mol. The van der Waals surface area contributed by atoms with Gasteiger partial charge >= 0.3 is 17.9 Å². The summed E-state index contributed by atoms with van der Waals surface area (Å²) in [7, 11) is 0. The highest BCUT2D eigenvalue weighted by Crippen LogP contribution is 2.18. The highest BCUT2D eigenvalue weighted by atomic mass is 16.6. The number of rotatable bonds is 49. The Hall–Kier alpha value is -1.59. The molecule has 0 aliphatic carbocycles. The zero-order chi connectivity index (χ0) is 45.6. The topological polar surface area (TPSA) is 78.9 Å². The van der Waals surface area contributed by atoms with E-state index in [0.717, 1.165) is 75.5 Å². The molecule has 0 amide bonds. The van der Waals surface area contributed by atoms with Gasteiger partial charge in [-0.1, -0.05) is 266 Å². The van der Waals surface area contributed by atoms with Gasteiger partial charge in [0.05, 0.1) is 0 Å². The summed E-state index contributed by atoms with van der Waals surface area (Å²) in [4.78, 5) is 38.0. The number of carbonyl (C=O) groups excluding carboxylic acids is 3. The highest BCUT2D eigenvalue weighted by molar-refractivity contribution is 5.71. The lowest BCUT2D eigenvalue weighted by atomic mass is 9.99. The van der Waals surface area contributed by atoms with Crippen LogP contribution in [-0.2, 0) is 28.6 Å². The molecule has 0 fully saturated rings. The molecule has 0 saturated carbocycles. The van der Waals surface area contributed by atoms with Gasteiger partial charge in [-0.25, -0.2) is 0 Å². The third-order valence-electron chi connectivity index (χ3n) is 13.0. The molecule has 0 saturated heterocycles. The van der Waals surface area contributed by atoms with Gasteiger partial charge in [-0.15, -0.1) is 0 Å². The molecule has 62 heavy (non-hydrogen) atoms. The van der Waals surface area contributed by atoms with Crippen molar-refractivity contribution in [1.29, 1.82) is 0 Å². The fraction of sp³-hybridized carbons (Fsp3) is 0.946. The Bertz CT molecular complexity index is 962. The zero-order valence-electron chi connectivity index (χ0n) is 42.7. The minimum atomic E-state index is -0.763. The second kappa shape index (κ2) is 47.4. The summed E-state index contributed by atoms with van der Waals surface area (Å²) in [6.07, 6.45) is 48.2. The first-order valence-corrected chi connectivity index (χ1v) is 27.6. The van der Waals surface area contributed by atoms with Crippen LogP contribution in [0.3, 0.4) is 0 Å². The lowest BCUT2D eigenvalue weighted by molar-refractivity contribution is -0.167. The van der Waals surface area contributed by atoms with Gasteiger partial charge < -0.3 is 14.2 Å². The first kappa shape index (κ1) is 60.4. The van der Waals surface area contributed by atoms with Gasteiger partial charge in [0, 0.05) is 19.3 Å². The average Bonchev–Trinajstić information content (AvgIpc) is 3.24. The molecule has 1 unspecified atom stereocenters. The van der Waals surface area contributed by atoms with E-state index in [-0.39, 0.29) is 31.1 Å². The Morgan fingerprint density at radius 1 is 0.323 bits per heavy atom. The van der Waals surface area contributed by atoms with Crippen molar-refractivity contribution >= 4 is 17.9 Å². The van der Waals surface area contributed by atoms with Crippen LogP contribution in [0, 0.1) is 17.8 Å². The van der Waals surface area contributed by atoms with Crippen LogP contribution in [0.1, 0.15) is 305 Å². The second-order valence-corrected chi connectivity index (χ2v) is 20.4. The van der Waals surface area contributed by atoms with Gasteiger partial charge in [0.25, 0.3) is 0 Å². The molecule has 0 N–H and O–H groups in total. The van der Waals surface area contributed by atoms with Crippen molar-refractivity contribution in [3.63, 3.8) is 0 Å². The molecule has 0 aliphatic rings. The van der Waals surface area contributed by atoms with E-state index < -0.39 is 6.10 Å². The summed E-state index contributed by atoms with van der Waals surface area (Å²) in [6, 6.07) is 0. The molecule has 0 radical (unpaired) electrons. The predicted molar refractivity (Wildman–Crippen MR) is 266 cm³/mol. The Morgan fingerprint density at radius 2 is 0.565 bits per heavy atom. The standard InChI is InChI=1S/C56H108O6/c1-7-52(6)44-38-32-25-21-17-13-9-11-15-19-23-27-34-40-46-55(58)61-49-53(62-56(59)47-41-35-29-28-31-37-43-51(4)5)48-60-54(57)45-39-33-26-22-18-14-10-8-12-16-20-24-30-36-42-50(2)3/h50-53H,7-49H2,1-6H3/t52?,53-/m0/s1. The van der Waals surface area contributed by atoms with Crippen molar-refractivity contribution in [3.8, 4) is 0 Å². The summed E-state index contributed by atoms with van der Waals surface area (Å²) in [5.74, 6) is 1.65. The van der Waals surface area contributed by atoms with Crippen LogP contribution in [0.25, 0.3) is 0 Å². The smallest absolute Gasteiger partial charge is 0.306 e. The Kier molecular flexibility index (Phi) is 46.2. The van der Waals surface area contributed by atoms with Gasteiger partial charge in [0.1, 0.15) is 13.2 Å². The highest BCUT2D eigenvalue weighted by Gasteiger charge is 2.19. The van der Waals surface area contributed by atoms with E-state index in [4.69, 9.17) is 14.2 Å². The molecule has 6 heteroatoms. The van der Waals surface area contributed by atoms with Crippen LogP contribution in [0.2, 0.25) is 0 Å². The van der Waals surface area contributed by atoms with Crippen molar-refractivity contribution in [3.05, 3.63) is 0 Å². The lowest BCUT2D eigenvalue weighted by Gasteiger charge is -2.18. The van der Waals surface area contributed by atoms with Gasteiger partial charge in [-0.05, 0) is 37.0 Å². The van der Waals surface area contributed by atoms with E-state index in [9.17, 15) is 14.4 Å². The average molecular weight is 877 g/mol. The zero-order valence-corrected chi connectivity index (χ0v) is 42.7. The minimum absolute atomic E-state index is 0.0651. The Balaban J connectivity index is 4.21. The number of hydrogen-bond acceptors (Lipinski definition) is 6. The van der Waals surface area contributed by atoms with Crippen LogP contribution >= 0.6 is 0 Å². The van der Waals surface area contributed by atoms with Gasteiger partial charge in [0.2, 0.25) is 0 Å². The molecule has 0 bridgehead atoms. The van der Waals surface area contributed by atoms with Crippen LogP contribution in [0.4, 0.5) is 0 Å². The van der Waals surface area contributed by atoms with Gasteiger partial charge in [-0.2, -0.15) is 0 Å². The fourth-order valence-electron chi connectivity index (χ4n) is 8.44. The van der Waals surface area contributed by atoms with E-state index in [1.807, 2.05) is 0 Å². The summed E-state index contributed by atoms with van der Waals surface area (Å²) in [5.41, 5.74) is 0. The molecule has 6 nitrogen and oxygen atoms in total. The first-order chi connectivity index (χ1) is 30.1. The molecule has 0 aromatic heterocycles. The fourth-order valence-corrected chi connectivity index (χ4v) is 8.44. The minimum Gasteiger partial charge on any atom is -0.462 e. The molecule has 0 aliphatic heterocycles. The molecular weight excluding hydrogens is 769 g/mol. The Morgan fingerprint density at radius 3 is 0.839 bits per heavy atom. The number of carbonyl (C=O) groups is 3. The maximum absolute atomic E-state index is 12.7. The van der Waals surface area contributed by atoms with E-state index >= 15 is 0 Å². The summed E-state index contributed by atoms with van der Waals surface area (Å²) in [5, 5.41) is 0. The summed E-state index contributed by atoms with van der Waals surface area (Å²) < 4.78 is 16.8. The predicted octanol–water partition coefficient (Wildman–Crippen LogP) is 17.9. The molecule has 0 rings (SSSR count). The van der Waals surface area contributed by atoms with E-state index in [1.54, 1.807) is 0 Å². The molecular formula is C56H108O6. The van der Waals surface area contributed by atoms with Crippen LogP contribution in [0.5, 0.6) is 0 Å².